The molecule has 1 amide bonds. The second-order valence-electron chi connectivity index (χ2n) is 6.04. The molecule has 3 aromatic rings. The quantitative estimate of drug-likeness (QED) is 0.410. The van der Waals surface area contributed by atoms with Gasteiger partial charge in [-0.2, -0.15) is 0 Å². The number of hydrogen-bond donors (Lipinski definition) is 1. The minimum absolute atomic E-state index is 0.349. The molecule has 0 atom stereocenters. The fourth-order valence-corrected chi connectivity index (χ4v) is 2.84. The molecule has 0 aliphatic heterocycles. The van der Waals surface area contributed by atoms with Gasteiger partial charge in [-0.25, -0.2) is 4.79 Å². The molecule has 28 heavy (non-hydrogen) atoms. The Labute approximate surface area is 173 Å². The van der Waals surface area contributed by atoms with Crippen molar-refractivity contribution in [2.75, 3.05) is 5.32 Å². The van der Waals surface area contributed by atoms with Crippen molar-refractivity contribution in [3.05, 3.63) is 93.5 Å². The maximum atomic E-state index is 12.4. The maximum Gasteiger partial charge on any atom is 0.343 e. The summed E-state index contributed by atoms with van der Waals surface area (Å²) in [6.07, 6.45) is 0.902. The number of carbonyl (C=O) groups excluding carboxylic acids is 2. The molecule has 0 saturated heterocycles. The molecule has 0 aliphatic rings. The lowest BCUT2D eigenvalue weighted by Gasteiger charge is -2.09. The summed E-state index contributed by atoms with van der Waals surface area (Å²) in [5.74, 6) is -0.454. The molecule has 4 nitrogen and oxygen atoms in total. The van der Waals surface area contributed by atoms with Crippen LogP contribution in [0.3, 0.4) is 0 Å². The number of halogens is 2. The van der Waals surface area contributed by atoms with Gasteiger partial charge in [-0.15, -0.1) is 0 Å². The number of esters is 1. The molecular formula is C22H17Cl2NO3. The number of ether oxygens (including phenoxy) is 1. The van der Waals surface area contributed by atoms with Crippen molar-refractivity contribution in [3.8, 4) is 5.75 Å². The van der Waals surface area contributed by atoms with Gasteiger partial charge in [0.1, 0.15) is 5.75 Å². The number of anilines is 1. The van der Waals surface area contributed by atoms with Gasteiger partial charge in [-0.1, -0.05) is 42.3 Å². The van der Waals surface area contributed by atoms with E-state index in [1.165, 1.54) is 0 Å². The molecule has 3 aromatic carbocycles. The third kappa shape index (κ3) is 4.91. The van der Waals surface area contributed by atoms with E-state index in [0.29, 0.717) is 32.6 Å². The van der Waals surface area contributed by atoms with Gasteiger partial charge >= 0.3 is 5.97 Å². The number of amides is 1. The van der Waals surface area contributed by atoms with Crippen molar-refractivity contribution in [1.29, 1.82) is 0 Å². The lowest BCUT2D eigenvalue weighted by Crippen LogP contribution is -2.12. The van der Waals surface area contributed by atoms with E-state index in [9.17, 15) is 9.59 Å². The average molecular weight is 414 g/mol. The van der Waals surface area contributed by atoms with Crippen LogP contribution in [0.4, 0.5) is 5.69 Å². The van der Waals surface area contributed by atoms with Crippen LogP contribution in [0, 0.1) is 0 Å². The molecule has 0 spiro atoms. The van der Waals surface area contributed by atoms with E-state index >= 15 is 0 Å². The van der Waals surface area contributed by atoms with E-state index < -0.39 is 5.97 Å². The van der Waals surface area contributed by atoms with Crippen LogP contribution in [0.15, 0.2) is 66.7 Å². The van der Waals surface area contributed by atoms with Gasteiger partial charge in [-0.05, 0) is 66.6 Å². The lowest BCUT2D eigenvalue weighted by atomic mass is 10.1. The summed E-state index contributed by atoms with van der Waals surface area (Å²) < 4.78 is 5.35. The summed E-state index contributed by atoms with van der Waals surface area (Å²) >= 11 is 12.0. The van der Waals surface area contributed by atoms with Crippen LogP contribution in [-0.4, -0.2) is 11.9 Å². The van der Waals surface area contributed by atoms with Crippen LogP contribution in [0.25, 0.3) is 0 Å². The van der Waals surface area contributed by atoms with Crippen LogP contribution in [0.2, 0.25) is 10.0 Å². The van der Waals surface area contributed by atoms with E-state index in [1.54, 1.807) is 54.6 Å². The summed E-state index contributed by atoms with van der Waals surface area (Å²) in [5, 5.41) is 3.55. The zero-order chi connectivity index (χ0) is 20.1. The fraction of sp³-hybridized carbons (Fsp3) is 0.0909. The first-order valence-electron chi connectivity index (χ1n) is 8.64. The van der Waals surface area contributed by atoms with Crippen molar-refractivity contribution in [2.24, 2.45) is 0 Å². The molecule has 0 unspecified atom stereocenters. The third-order valence-corrected chi connectivity index (χ3v) is 4.67. The number of carbonyl (C=O) groups is 2. The normalized spacial score (nSPS) is 10.4. The van der Waals surface area contributed by atoms with Crippen molar-refractivity contribution in [1.82, 2.24) is 0 Å². The highest BCUT2D eigenvalue weighted by Gasteiger charge is 2.12. The Morgan fingerprint density at radius 2 is 1.54 bits per heavy atom. The Kier molecular flexibility index (Phi) is 6.34. The van der Waals surface area contributed by atoms with Gasteiger partial charge < -0.3 is 10.1 Å². The molecule has 3 rings (SSSR count). The minimum atomic E-state index is -0.453. The number of benzene rings is 3. The average Bonchev–Trinajstić information content (AvgIpc) is 2.71. The first-order valence-corrected chi connectivity index (χ1v) is 9.39. The van der Waals surface area contributed by atoms with E-state index in [4.69, 9.17) is 27.9 Å². The number of hydrogen-bond acceptors (Lipinski definition) is 3. The second kappa shape index (κ2) is 8.91. The lowest BCUT2D eigenvalue weighted by molar-refractivity contribution is 0.0734. The molecule has 0 radical (unpaired) electrons. The summed E-state index contributed by atoms with van der Waals surface area (Å²) in [6, 6.07) is 18.3. The Morgan fingerprint density at radius 3 is 2.18 bits per heavy atom. The largest absolute Gasteiger partial charge is 0.423 e. The molecule has 0 fully saturated rings. The Bertz CT molecular complexity index is 999. The molecular weight excluding hydrogens is 397 g/mol. The number of nitrogens with one attached hydrogen (secondary N) is 1. The van der Waals surface area contributed by atoms with Crippen molar-refractivity contribution in [3.63, 3.8) is 0 Å². The van der Waals surface area contributed by atoms with E-state index in [0.717, 1.165) is 12.0 Å². The van der Waals surface area contributed by atoms with Crippen LogP contribution in [0.1, 0.15) is 33.2 Å². The number of aryl methyl sites for hydroxylation is 1. The first-order chi connectivity index (χ1) is 13.5. The Morgan fingerprint density at radius 1 is 0.893 bits per heavy atom. The zero-order valence-electron chi connectivity index (χ0n) is 15.0. The smallest absolute Gasteiger partial charge is 0.343 e. The van der Waals surface area contributed by atoms with Crippen molar-refractivity contribution in [2.45, 2.75) is 13.3 Å². The molecule has 0 bridgehead atoms. The standard InChI is InChI=1S/C22H17Cl2NO3/c1-2-14-3-5-16(6-4-14)22(27)28-18-10-7-15(8-11-18)21(26)25-20-13-17(23)9-12-19(20)24/h3-13H,2H2,1H3,(H,25,26). The first kappa shape index (κ1) is 19.9. The van der Waals surface area contributed by atoms with Gasteiger partial charge in [-0.3, -0.25) is 4.79 Å². The van der Waals surface area contributed by atoms with Gasteiger partial charge in [0, 0.05) is 10.6 Å². The molecule has 0 heterocycles. The molecule has 1 N–H and O–H groups in total. The summed E-state index contributed by atoms with van der Waals surface area (Å²) in [5.41, 5.74) is 2.43. The third-order valence-electron chi connectivity index (χ3n) is 4.10. The molecule has 0 aliphatic carbocycles. The molecule has 142 valence electrons. The minimum Gasteiger partial charge on any atom is -0.423 e. The van der Waals surface area contributed by atoms with E-state index in [2.05, 4.69) is 5.32 Å². The topological polar surface area (TPSA) is 55.4 Å². The monoisotopic (exact) mass is 413 g/mol. The van der Waals surface area contributed by atoms with Crippen molar-refractivity contribution < 1.29 is 14.3 Å². The van der Waals surface area contributed by atoms with Gasteiger partial charge in [0.15, 0.2) is 0 Å². The van der Waals surface area contributed by atoms with Crippen LogP contribution in [-0.2, 0) is 6.42 Å². The fourth-order valence-electron chi connectivity index (χ4n) is 2.50. The maximum absolute atomic E-state index is 12.4. The zero-order valence-corrected chi connectivity index (χ0v) is 16.6. The summed E-state index contributed by atoms with van der Waals surface area (Å²) in [4.78, 5) is 24.6. The Hall–Kier alpha value is -2.82. The van der Waals surface area contributed by atoms with Gasteiger partial charge in [0.25, 0.3) is 5.91 Å². The van der Waals surface area contributed by atoms with E-state index in [-0.39, 0.29) is 5.91 Å². The van der Waals surface area contributed by atoms with Crippen molar-refractivity contribution >= 4 is 40.8 Å². The summed E-state index contributed by atoms with van der Waals surface area (Å²) in [7, 11) is 0. The van der Waals surface area contributed by atoms with Crippen LogP contribution >= 0.6 is 23.2 Å². The number of rotatable bonds is 5. The SMILES string of the molecule is CCc1ccc(C(=O)Oc2ccc(C(=O)Nc3cc(Cl)ccc3Cl)cc2)cc1. The highest BCUT2D eigenvalue weighted by atomic mass is 35.5. The second-order valence-corrected chi connectivity index (χ2v) is 6.89. The van der Waals surface area contributed by atoms with Crippen LogP contribution < -0.4 is 10.1 Å². The molecule has 6 heteroatoms. The predicted molar refractivity (Wildman–Crippen MR) is 112 cm³/mol. The van der Waals surface area contributed by atoms with Gasteiger partial charge in [0.2, 0.25) is 0 Å². The highest BCUT2D eigenvalue weighted by molar-refractivity contribution is 6.35. The summed E-state index contributed by atoms with van der Waals surface area (Å²) in [6.45, 7) is 2.05. The molecule has 0 saturated carbocycles. The highest BCUT2D eigenvalue weighted by Crippen LogP contribution is 2.26. The van der Waals surface area contributed by atoms with E-state index in [1.807, 2.05) is 19.1 Å². The Balaban J connectivity index is 1.66. The van der Waals surface area contributed by atoms with Crippen LogP contribution in [0.5, 0.6) is 5.75 Å². The molecule has 0 aromatic heterocycles. The predicted octanol–water partition coefficient (Wildman–Crippen LogP) is 6.03. The van der Waals surface area contributed by atoms with Gasteiger partial charge in [0.05, 0.1) is 16.3 Å².